The normalized spacial score (nSPS) is 37.9. The summed E-state index contributed by atoms with van der Waals surface area (Å²) in [5.41, 5.74) is -0.824. The summed E-state index contributed by atoms with van der Waals surface area (Å²) in [6.07, 6.45) is -26.1. The van der Waals surface area contributed by atoms with Crippen molar-refractivity contribution in [3.63, 3.8) is 0 Å². The summed E-state index contributed by atoms with van der Waals surface area (Å²) < 4.78 is 44.2. The molecule has 2 aromatic carbocycles. The van der Waals surface area contributed by atoms with Gasteiger partial charge >= 0.3 is 5.63 Å². The molecule has 20 nitrogen and oxygen atoms in total. The van der Waals surface area contributed by atoms with Crippen LogP contribution in [0.25, 0.3) is 21.5 Å². The summed E-state index contributed by atoms with van der Waals surface area (Å²) in [5, 5.41) is 116. The quantitative estimate of drug-likeness (QED) is 0.0873. The van der Waals surface area contributed by atoms with Gasteiger partial charge in [-0.05, 0) is 35.9 Å². The van der Waals surface area contributed by atoms with Gasteiger partial charge in [-0.15, -0.1) is 0 Å². The SMILES string of the molecule is COc1cc(O[C@@H]2O[C@H](CO[C@@H]3O[C@H](CO)[C@@H](O)[C@@H](O[C@@H]4O[C@H](CO)[C@@H](O)[C@@H](O)[C@H]4O)[C@H]3O)[C@@H](O)[C@H](O)[C@H]2O)c2c(O)c3c(=O)oc(C)cc3cc2c1. The molecule has 0 amide bonds. The minimum Gasteiger partial charge on any atom is -0.506 e. The Balaban J connectivity index is 1.22. The number of aryl methyl sites for hydroxylation is 1. The highest BCUT2D eigenvalue weighted by Crippen LogP contribution is 2.42. The summed E-state index contributed by atoms with van der Waals surface area (Å²) in [7, 11) is 1.37. The van der Waals surface area contributed by atoms with E-state index in [-0.39, 0.29) is 22.3 Å². The van der Waals surface area contributed by atoms with Crippen LogP contribution in [0.4, 0.5) is 0 Å². The molecule has 0 spiro atoms. The Kier molecular flexibility index (Phi) is 11.8. The minimum absolute atomic E-state index is 0.00330. The smallest absolute Gasteiger partial charge is 0.347 e. The highest BCUT2D eigenvalue weighted by Gasteiger charge is 2.52. The van der Waals surface area contributed by atoms with Crippen molar-refractivity contribution in [3.8, 4) is 17.2 Å². The van der Waals surface area contributed by atoms with Crippen LogP contribution < -0.4 is 15.1 Å². The molecule has 1 aromatic heterocycles. The Labute approximate surface area is 299 Å². The van der Waals surface area contributed by atoms with E-state index in [1.807, 2.05) is 0 Å². The molecule has 3 aliphatic rings. The summed E-state index contributed by atoms with van der Waals surface area (Å²) in [6.45, 7) is -0.741. The minimum atomic E-state index is -1.91. The molecular weight excluding hydrogens is 716 g/mol. The topological polar surface area (TPSA) is 317 Å². The second kappa shape index (κ2) is 15.8. The lowest BCUT2D eigenvalue weighted by Crippen LogP contribution is -2.65. The van der Waals surface area contributed by atoms with Gasteiger partial charge in [0.2, 0.25) is 6.29 Å². The van der Waals surface area contributed by atoms with Gasteiger partial charge in [-0.1, -0.05) is 0 Å². The number of ether oxygens (including phenoxy) is 7. The Morgan fingerprint density at radius 3 is 1.91 bits per heavy atom. The average molecular weight is 759 g/mol. The molecule has 0 radical (unpaired) electrons. The zero-order chi connectivity index (χ0) is 38.5. The molecule has 4 heterocycles. The summed E-state index contributed by atoms with van der Waals surface area (Å²) in [6, 6.07) is 6.01. The average Bonchev–Trinajstić information content (AvgIpc) is 3.12. The number of phenols is 1. The monoisotopic (exact) mass is 758 g/mol. The van der Waals surface area contributed by atoms with Crippen molar-refractivity contribution in [2.24, 2.45) is 0 Å². The van der Waals surface area contributed by atoms with Gasteiger partial charge in [-0.25, -0.2) is 4.79 Å². The van der Waals surface area contributed by atoms with Gasteiger partial charge in [0.1, 0.15) is 102 Å². The van der Waals surface area contributed by atoms with Gasteiger partial charge in [0.15, 0.2) is 12.6 Å². The maximum atomic E-state index is 12.7. The first kappa shape index (κ1) is 39.4. The van der Waals surface area contributed by atoms with E-state index in [0.717, 1.165) is 0 Å². The van der Waals surface area contributed by atoms with Crippen LogP contribution in [0, 0.1) is 6.92 Å². The molecule has 53 heavy (non-hydrogen) atoms. The van der Waals surface area contributed by atoms with Gasteiger partial charge in [0.05, 0.1) is 32.3 Å². The van der Waals surface area contributed by atoms with Crippen LogP contribution in [0.5, 0.6) is 17.2 Å². The summed E-state index contributed by atoms with van der Waals surface area (Å²) in [5.74, 6) is -0.142. The third-order valence-corrected chi connectivity index (χ3v) is 9.53. The molecule has 15 atom stereocenters. The van der Waals surface area contributed by atoms with Gasteiger partial charge in [0, 0.05) is 6.07 Å². The first-order valence-electron chi connectivity index (χ1n) is 16.5. The number of hydrogen-bond donors (Lipinski definition) is 11. The van der Waals surface area contributed by atoms with Gasteiger partial charge in [0.25, 0.3) is 0 Å². The van der Waals surface area contributed by atoms with Crippen LogP contribution in [-0.2, 0) is 23.7 Å². The predicted molar refractivity (Wildman–Crippen MR) is 173 cm³/mol. The van der Waals surface area contributed by atoms with Crippen molar-refractivity contribution >= 4 is 21.5 Å². The van der Waals surface area contributed by atoms with Crippen molar-refractivity contribution in [2.45, 2.75) is 99.0 Å². The second-order valence-corrected chi connectivity index (χ2v) is 13.0. The van der Waals surface area contributed by atoms with Gasteiger partial charge in [-0.2, -0.15) is 0 Å². The summed E-state index contributed by atoms with van der Waals surface area (Å²) in [4.78, 5) is 12.7. The van der Waals surface area contributed by atoms with E-state index in [9.17, 15) is 61.0 Å². The highest BCUT2D eigenvalue weighted by atomic mass is 16.7. The molecule has 0 unspecified atom stereocenters. The number of rotatable bonds is 10. The molecular formula is C33H42O20. The fourth-order valence-corrected chi connectivity index (χ4v) is 6.62. The molecule has 0 bridgehead atoms. The lowest BCUT2D eigenvalue weighted by molar-refractivity contribution is -0.364. The first-order chi connectivity index (χ1) is 25.2. The molecule has 11 N–H and O–H groups in total. The van der Waals surface area contributed by atoms with Crippen LogP contribution in [0.3, 0.4) is 0 Å². The van der Waals surface area contributed by atoms with Gasteiger partial charge in [-0.3, -0.25) is 0 Å². The van der Waals surface area contributed by atoms with E-state index < -0.39 is 123 Å². The molecule has 20 heteroatoms. The number of benzene rings is 2. The Hall–Kier alpha value is -3.29. The zero-order valence-corrected chi connectivity index (χ0v) is 28.2. The number of hydrogen-bond acceptors (Lipinski definition) is 20. The predicted octanol–water partition coefficient (Wildman–Crippen LogP) is -4.20. The summed E-state index contributed by atoms with van der Waals surface area (Å²) >= 11 is 0. The largest absolute Gasteiger partial charge is 0.506 e. The maximum Gasteiger partial charge on any atom is 0.347 e. The van der Waals surface area contributed by atoms with E-state index in [2.05, 4.69) is 0 Å². The molecule has 0 saturated carbocycles. The number of aliphatic hydroxyl groups is 10. The van der Waals surface area contributed by atoms with E-state index >= 15 is 0 Å². The zero-order valence-electron chi connectivity index (χ0n) is 28.2. The number of fused-ring (bicyclic) bond motifs is 2. The molecule has 3 fully saturated rings. The van der Waals surface area contributed by atoms with Crippen molar-refractivity contribution in [3.05, 3.63) is 40.4 Å². The lowest BCUT2D eigenvalue weighted by atomic mass is 9.97. The first-order valence-corrected chi connectivity index (χ1v) is 16.5. The van der Waals surface area contributed by atoms with Crippen LogP contribution in [0.1, 0.15) is 5.76 Å². The van der Waals surface area contributed by atoms with Crippen LogP contribution in [0.2, 0.25) is 0 Å². The Morgan fingerprint density at radius 2 is 1.25 bits per heavy atom. The van der Waals surface area contributed by atoms with Crippen molar-refractivity contribution in [2.75, 3.05) is 26.9 Å². The maximum absolute atomic E-state index is 12.7. The number of methoxy groups -OCH3 is 1. The second-order valence-electron chi connectivity index (χ2n) is 13.0. The van der Waals surface area contributed by atoms with E-state index in [0.29, 0.717) is 16.5 Å². The van der Waals surface area contributed by atoms with E-state index in [1.54, 1.807) is 25.1 Å². The molecule has 3 saturated heterocycles. The van der Waals surface area contributed by atoms with Crippen LogP contribution in [0.15, 0.2) is 33.5 Å². The number of aliphatic hydroxyl groups excluding tert-OH is 10. The fraction of sp³-hybridized carbons (Fsp3) is 0.606. The van der Waals surface area contributed by atoms with E-state index in [4.69, 9.17) is 37.6 Å². The van der Waals surface area contributed by atoms with Crippen LogP contribution >= 0.6 is 0 Å². The molecule has 3 aliphatic heterocycles. The van der Waals surface area contributed by atoms with Crippen molar-refractivity contribution in [1.82, 2.24) is 0 Å². The van der Waals surface area contributed by atoms with Crippen LogP contribution in [-0.4, -0.2) is 175 Å². The number of phenolic OH excluding ortho intramolecular Hbond substituents is 1. The Morgan fingerprint density at radius 1 is 0.660 bits per heavy atom. The lowest BCUT2D eigenvalue weighted by Gasteiger charge is -2.46. The third kappa shape index (κ3) is 7.42. The highest BCUT2D eigenvalue weighted by molar-refractivity contribution is 6.07. The molecule has 6 rings (SSSR count). The Bertz CT molecular complexity index is 1800. The fourth-order valence-electron chi connectivity index (χ4n) is 6.62. The standard InChI is InChI=1S/C33H42O20/c1-10-3-11-4-12-5-13(46-2)6-14(18(12)23(39)19(11)30(45)48-10)49-32-26(42)25(41)21(37)17(52-32)9-47-31-28(44)29(22(38)16(8-35)50-31)53-33-27(43)24(40)20(36)15(7-34)51-33/h3-6,15-17,20-22,24-29,31-44H,7-9H2,1-2H3/t15-,16-,17-,20-,21-,22-,24-,25+,26-,27-,28-,29-,31-,32-,33+/m1/s1. The van der Waals surface area contributed by atoms with Crippen molar-refractivity contribution < 1.29 is 93.7 Å². The molecule has 3 aromatic rings. The molecule has 294 valence electrons. The number of aromatic hydroxyl groups is 1. The van der Waals surface area contributed by atoms with Gasteiger partial charge < -0.3 is 93.7 Å². The van der Waals surface area contributed by atoms with Crippen molar-refractivity contribution in [1.29, 1.82) is 0 Å². The van der Waals surface area contributed by atoms with E-state index in [1.165, 1.54) is 13.2 Å². The molecule has 0 aliphatic carbocycles. The third-order valence-electron chi connectivity index (χ3n) is 9.53.